The van der Waals surface area contributed by atoms with Gasteiger partial charge >= 0.3 is 0 Å². The zero-order valence-electron chi connectivity index (χ0n) is 14.4. The van der Waals surface area contributed by atoms with Crippen LogP contribution >= 0.6 is 22.7 Å². The third-order valence-electron chi connectivity index (χ3n) is 4.92. The third kappa shape index (κ3) is 3.36. The smallest absolute Gasteiger partial charge is 0.258 e. The van der Waals surface area contributed by atoms with Crippen LogP contribution in [-0.2, 0) is 12.8 Å². The lowest BCUT2D eigenvalue weighted by Gasteiger charge is -2.33. The van der Waals surface area contributed by atoms with E-state index in [1.54, 1.807) is 22.7 Å². The van der Waals surface area contributed by atoms with Crippen LogP contribution in [-0.4, -0.2) is 10.9 Å². The first-order valence-corrected chi connectivity index (χ1v) is 9.80. The molecule has 0 aliphatic heterocycles. The van der Waals surface area contributed by atoms with Crippen molar-refractivity contribution in [3.8, 4) is 0 Å². The highest BCUT2D eigenvalue weighted by Gasteiger charge is 2.31. The van der Waals surface area contributed by atoms with Gasteiger partial charge in [-0.15, -0.1) is 22.7 Å². The molecular formula is C18H24N2OS2. The van der Waals surface area contributed by atoms with Gasteiger partial charge in [0.1, 0.15) is 0 Å². The molecule has 0 aromatic carbocycles. The van der Waals surface area contributed by atoms with Crippen LogP contribution in [0.5, 0.6) is 0 Å². The average molecular weight is 349 g/mol. The fourth-order valence-electron chi connectivity index (χ4n) is 3.07. The first-order valence-electron chi connectivity index (χ1n) is 8.10. The average Bonchev–Trinajstić information content (AvgIpc) is 3.01. The van der Waals surface area contributed by atoms with Crippen molar-refractivity contribution in [2.24, 2.45) is 11.3 Å². The van der Waals surface area contributed by atoms with Gasteiger partial charge in [0.05, 0.1) is 11.3 Å². The number of aromatic nitrogens is 1. The topological polar surface area (TPSA) is 42.0 Å². The molecule has 124 valence electrons. The summed E-state index contributed by atoms with van der Waals surface area (Å²) in [7, 11) is 0. The van der Waals surface area contributed by atoms with Crippen molar-refractivity contribution in [1.29, 1.82) is 0 Å². The number of fused-ring (bicyclic) bond motifs is 1. The Morgan fingerprint density at radius 1 is 1.35 bits per heavy atom. The van der Waals surface area contributed by atoms with Crippen LogP contribution in [0.15, 0.2) is 5.38 Å². The molecule has 2 heterocycles. The number of aryl methyl sites for hydroxylation is 2. The molecule has 1 atom stereocenters. The molecule has 5 heteroatoms. The van der Waals surface area contributed by atoms with E-state index in [9.17, 15) is 4.79 Å². The molecule has 3 nitrogen and oxygen atoms in total. The van der Waals surface area contributed by atoms with Crippen molar-refractivity contribution in [1.82, 2.24) is 4.98 Å². The predicted octanol–water partition coefficient (Wildman–Crippen LogP) is 5.22. The minimum Gasteiger partial charge on any atom is -0.298 e. The number of thiazole rings is 1. The number of hydrogen-bond donors (Lipinski definition) is 1. The van der Waals surface area contributed by atoms with Crippen LogP contribution in [0.25, 0.3) is 0 Å². The Morgan fingerprint density at radius 3 is 2.70 bits per heavy atom. The molecule has 0 fully saturated rings. The van der Waals surface area contributed by atoms with E-state index in [0.29, 0.717) is 11.3 Å². The lowest BCUT2D eigenvalue weighted by Crippen LogP contribution is -2.26. The number of carbonyl (C=O) groups excluding carboxylic acids is 1. The van der Waals surface area contributed by atoms with Crippen LogP contribution in [0.3, 0.4) is 0 Å². The van der Waals surface area contributed by atoms with E-state index in [1.807, 2.05) is 19.2 Å². The molecule has 1 unspecified atom stereocenters. The summed E-state index contributed by atoms with van der Waals surface area (Å²) in [5, 5.41) is 5.68. The van der Waals surface area contributed by atoms with E-state index in [1.165, 1.54) is 21.9 Å². The van der Waals surface area contributed by atoms with Crippen LogP contribution in [0.2, 0.25) is 0 Å². The normalized spacial score (nSPS) is 17.9. The number of thiophene rings is 1. The van der Waals surface area contributed by atoms with E-state index in [4.69, 9.17) is 0 Å². The SMILES string of the molecule is Cc1scc(C(=O)Nc2nc3c(s2)CC(C(C)(C)C)CC3)c1C. The van der Waals surface area contributed by atoms with E-state index in [-0.39, 0.29) is 5.91 Å². The fourth-order valence-corrected chi connectivity index (χ4v) is 5.02. The number of rotatable bonds is 2. The maximum absolute atomic E-state index is 12.4. The zero-order valence-corrected chi connectivity index (χ0v) is 16.1. The minimum atomic E-state index is -0.0367. The largest absolute Gasteiger partial charge is 0.298 e. The summed E-state index contributed by atoms with van der Waals surface area (Å²) in [6.07, 6.45) is 3.31. The second kappa shape index (κ2) is 6.02. The molecule has 0 spiro atoms. The molecule has 2 aromatic heterocycles. The van der Waals surface area contributed by atoms with Gasteiger partial charge in [0.25, 0.3) is 5.91 Å². The van der Waals surface area contributed by atoms with Gasteiger partial charge in [-0.2, -0.15) is 0 Å². The van der Waals surface area contributed by atoms with Crippen molar-refractivity contribution in [2.45, 2.75) is 53.9 Å². The Kier molecular flexibility index (Phi) is 4.36. The first-order chi connectivity index (χ1) is 10.8. The van der Waals surface area contributed by atoms with Crippen molar-refractivity contribution in [3.05, 3.63) is 32.0 Å². The summed E-state index contributed by atoms with van der Waals surface area (Å²) in [5.74, 6) is 0.658. The summed E-state index contributed by atoms with van der Waals surface area (Å²) in [4.78, 5) is 19.7. The summed E-state index contributed by atoms with van der Waals surface area (Å²) in [5.41, 5.74) is 3.36. The highest BCUT2D eigenvalue weighted by molar-refractivity contribution is 7.16. The monoisotopic (exact) mass is 348 g/mol. The quantitative estimate of drug-likeness (QED) is 0.808. The van der Waals surface area contributed by atoms with E-state index < -0.39 is 0 Å². The van der Waals surface area contributed by atoms with Crippen LogP contribution in [0.1, 0.15) is 58.6 Å². The molecular weight excluding hydrogens is 324 g/mol. The van der Waals surface area contributed by atoms with E-state index in [2.05, 4.69) is 31.1 Å². The second-order valence-electron chi connectivity index (χ2n) is 7.48. The summed E-state index contributed by atoms with van der Waals surface area (Å²) in [6.45, 7) is 11.0. The van der Waals surface area contributed by atoms with Crippen LogP contribution < -0.4 is 5.32 Å². The molecule has 1 N–H and O–H groups in total. The molecule has 2 aromatic rings. The minimum absolute atomic E-state index is 0.0367. The van der Waals surface area contributed by atoms with Gasteiger partial charge in [-0.25, -0.2) is 4.98 Å². The Labute approximate surface area is 146 Å². The van der Waals surface area contributed by atoms with Crippen molar-refractivity contribution >= 4 is 33.7 Å². The predicted molar refractivity (Wildman–Crippen MR) is 98.8 cm³/mol. The maximum atomic E-state index is 12.4. The number of anilines is 1. The van der Waals surface area contributed by atoms with Gasteiger partial charge in [0, 0.05) is 15.1 Å². The van der Waals surface area contributed by atoms with E-state index in [0.717, 1.165) is 29.1 Å². The Balaban J connectivity index is 1.75. The Bertz CT molecular complexity index is 737. The standard InChI is InChI=1S/C18H24N2OS2/c1-10-11(2)22-9-13(10)16(21)20-17-19-14-7-6-12(18(3,4)5)8-15(14)23-17/h9,12H,6-8H2,1-5H3,(H,19,20,21). The second-order valence-corrected chi connectivity index (χ2v) is 9.65. The zero-order chi connectivity index (χ0) is 16.8. The molecule has 0 radical (unpaired) electrons. The fraction of sp³-hybridized carbons (Fsp3) is 0.556. The maximum Gasteiger partial charge on any atom is 0.258 e. The number of nitrogens with one attached hydrogen (secondary N) is 1. The van der Waals surface area contributed by atoms with E-state index >= 15 is 0 Å². The molecule has 23 heavy (non-hydrogen) atoms. The molecule has 0 saturated heterocycles. The molecule has 1 amide bonds. The summed E-state index contributed by atoms with van der Waals surface area (Å²) >= 11 is 3.27. The highest BCUT2D eigenvalue weighted by Crippen LogP contribution is 2.40. The first kappa shape index (κ1) is 16.7. The Morgan fingerprint density at radius 2 is 2.09 bits per heavy atom. The summed E-state index contributed by atoms with van der Waals surface area (Å²) < 4.78 is 0. The van der Waals surface area contributed by atoms with Gasteiger partial charge in [-0.1, -0.05) is 20.8 Å². The van der Waals surface area contributed by atoms with Crippen LogP contribution in [0.4, 0.5) is 5.13 Å². The van der Waals surface area contributed by atoms with Crippen molar-refractivity contribution in [3.63, 3.8) is 0 Å². The lowest BCUT2D eigenvalue weighted by molar-refractivity contribution is 0.102. The van der Waals surface area contributed by atoms with Crippen LogP contribution in [0, 0.1) is 25.2 Å². The molecule has 1 aliphatic carbocycles. The van der Waals surface area contributed by atoms with Gasteiger partial charge in [0.2, 0.25) is 0 Å². The van der Waals surface area contributed by atoms with Crippen molar-refractivity contribution in [2.75, 3.05) is 5.32 Å². The van der Waals surface area contributed by atoms with Crippen molar-refractivity contribution < 1.29 is 4.79 Å². The molecule has 1 aliphatic rings. The van der Waals surface area contributed by atoms with Gasteiger partial charge in [-0.05, 0) is 50.0 Å². The third-order valence-corrected chi connectivity index (χ3v) is 6.96. The van der Waals surface area contributed by atoms with Gasteiger partial charge < -0.3 is 0 Å². The molecule has 3 rings (SSSR count). The Hall–Kier alpha value is -1.20. The van der Waals surface area contributed by atoms with Gasteiger partial charge in [0.15, 0.2) is 5.13 Å². The lowest BCUT2D eigenvalue weighted by atomic mass is 9.73. The number of carbonyl (C=O) groups is 1. The summed E-state index contributed by atoms with van der Waals surface area (Å²) in [6, 6.07) is 0. The number of nitrogens with zero attached hydrogens (tertiary/aromatic N) is 1. The number of amides is 1. The number of hydrogen-bond acceptors (Lipinski definition) is 4. The highest BCUT2D eigenvalue weighted by atomic mass is 32.1. The molecule has 0 bridgehead atoms. The molecule has 0 saturated carbocycles. The van der Waals surface area contributed by atoms with Gasteiger partial charge in [-0.3, -0.25) is 10.1 Å².